The number of nitrogens with two attached hydrogens (primary N) is 1. The second kappa shape index (κ2) is 7.97. The molecule has 3 N–H and O–H groups in total. The first-order valence-corrected chi connectivity index (χ1v) is 9.74. The van der Waals surface area contributed by atoms with E-state index in [1.807, 2.05) is 23.6 Å². The van der Waals surface area contributed by atoms with E-state index in [0.717, 1.165) is 22.3 Å². The van der Waals surface area contributed by atoms with Crippen LogP contribution in [0.2, 0.25) is 0 Å². The van der Waals surface area contributed by atoms with E-state index in [9.17, 15) is 10.1 Å². The Hall–Kier alpha value is -3.95. The Balaban J connectivity index is 1.56. The number of anilines is 1. The van der Waals surface area contributed by atoms with E-state index in [2.05, 4.69) is 40.6 Å². The fraction of sp³-hybridized carbons (Fsp3) is 0. The molecule has 0 fully saturated rings. The van der Waals surface area contributed by atoms with Crippen molar-refractivity contribution in [3.05, 3.63) is 88.9 Å². The molecule has 140 valence electrons. The summed E-state index contributed by atoms with van der Waals surface area (Å²) in [4.78, 5) is 15.8. The van der Waals surface area contributed by atoms with Crippen molar-refractivity contribution in [2.24, 2.45) is 5.73 Å². The van der Waals surface area contributed by atoms with Gasteiger partial charge in [0.1, 0.15) is 16.6 Å². The van der Waals surface area contributed by atoms with Crippen molar-refractivity contribution in [1.82, 2.24) is 4.98 Å². The number of carbonyl (C=O) groups is 1. The predicted molar refractivity (Wildman–Crippen MR) is 117 cm³/mol. The smallest absolute Gasteiger partial charge is 0.248 e. The van der Waals surface area contributed by atoms with Crippen molar-refractivity contribution < 1.29 is 4.79 Å². The number of allylic oxidation sites excluding steroid dienone is 1. The lowest BCUT2D eigenvalue weighted by atomic mass is 10.1. The van der Waals surface area contributed by atoms with Gasteiger partial charge in [0.2, 0.25) is 5.91 Å². The third-order valence-electron chi connectivity index (χ3n) is 4.45. The lowest BCUT2D eigenvalue weighted by molar-refractivity contribution is 0.100. The number of fused-ring (bicyclic) bond motifs is 1. The second-order valence-corrected chi connectivity index (χ2v) is 7.21. The van der Waals surface area contributed by atoms with Crippen molar-refractivity contribution in [1.29, 1.82) is 5.26 Å². The van der Waals surface area contributed by atoms with E-state index in [4.69, 9.17) is 5.73 Å². The van der Waals surface area contributed by atoms with E-state index in [0.29, 0.717) is 16.1 Å². The molecule has 0 radical (unpaired) electrons. The highest BCUT2D eigenvalue weighted by atomic mass is 32.1. The lowest BCUT2D eigenvalue weighted by Crippen LogP contribution is -2.10. The van der Waals surface area contributed by atoms with Crippen LogP contribution in [0.4, 0.5) is 5.69 Å². The molecule has 0 aliphatic heterocycles. The third kappa shape index (κ3) is 4.00. The summed E-state index contributed by atoms with van der Waals surface area (Å²) in [6, 6.07) is 23.3. The Morgan fingerprint density at radius 2 is 1.83 bits per heavy atom. The molecule has 0 unspecified atom stereocenters. The fourth-order valence-electron chi connectivity index (χ4n) is 2.91. The van der Waals surface area contributed by atoms with E-state index in [1.54, 1.807) is 30.5 Å². The molecule has 4 aromatic rings. The number of amides is 1. The van der Waals surface area contributed by atoms with Crippen molar-refractivity contribution >= 4 is 39.3 Å². The molecule has 1 aromatic heterocycles. The third-order valence-corrected chi connectivity index (χ3v) is 5.33. The summed E-state index contributed by atoms with van der Waals surface area (Å²) in [6.07, 6.45) is 1.61. The maximum atomic E-state index is 11.1. The molecule has 0 atom stereocenters. The number of nitriles is 1. The standard InChI is InChI=1S/C23H16N4OS/c24-12-19(13-26-20-9-7-16(8-10-20)22(25)28)23-27-21(14-29-23)18-6-5-15-3-1-2-4-17(15)11-18/h1-11,13-14,26H,(H2,25,28)/b19-13+. The van der Waals surface area contributed by atoms with E-state index < -0.39 is 5.91 Å². The number of aromatic nitrogens is 1. The number of benzene rings is 3. The van der Waals surface area contributed by atoms with Gasteiger partial charge < -0.3 is 11.1 Å². The van der Waals surface area contributed by atoms with Crippen molar-refractivity contribution in [3.8, 4) is 17.3 Å². The summed E-state index contributed by atoms with van der Waals surface area (Å²) < 4.78 is 0. The Labute approximate surface area is 171 Å². The topological polar surface area (TPSA) is 91.8 Å². The van der Waals surface area contributed by atoms with Gasteiger partial charge in [0.15, 0.2) is 0 Å². The van der Waals surface area contributed by atoms with Crippen LogP contribution < -0.4 is 11.1 Å². The molecule has 0 bridgehead atoms. The Kier molecular flexibility index (Phi) is 5.06. The van der Waals surface area contributed by atoms with Gasteiger partial charge in [-0.1, -0.05) is 36.4 Å². The number of nitrogens with one attached hydrogen (secondary N) is 1. The average Bonchev–Trinajstić information content (AvgIpc) is 3.24. The first kappa shape index (κ1) is 18.4. The van der Waals surface area contributed by atoms with Gasteiger partial charge in [-0.2, -0.15) is 5.26 Å². The largest absolute Gasteiger partial charge is 0.366 e. The van der Waals surface area contributed by atoms with Crippen molar-refractivity contribution in [2.45, 2.75) is 0 Å². The van der Waals surface area contributed by atoms with Gasteiger partial charge >= 0.3 is 0 Å². The van der Waals surface area contributed by atoms with Gasteiger partial charge in [-0.05, 0) is 41.1 Å². The van der Waals surface area contributed by atoms with Crippen LogP contribution in [0, 0.1) is 11.3 Å². The zero-order chi connectivity index (χ0) is 20.2. The van der Waals surface area contributed by atoms with Gasteiger partial charge in [0.05, 0.1) is 5.69 Å². The summed E-state index contributed by atoms with van der Waals surface area (Å²) in [7, 11) is 0. The number of primary amides is 1. The Bertz CT molecular complexity index is 1270. The maximum absolute atomic E-state index is 11.1. The highest BCUT2D eigenvalue weighted by Crippen LogP contribution is 2.28. The second-order valence-electron chi connectivity index (χ2n) is 6.36. The highest BCUT2D eigenvalue weighted by molar-refractivity contribution is 7.11. The van der Waals surface area contributed by atoms with E-state index in [1.165, 1.54) is 16.7 Å². The monoisotopic (exact) mass is 396 g/mol. The predicted octanol–water partition coefficient (Wildman–Crippen LogP) is 5.04. The normalized spacial score (nSPS) is 11.2. The molecule has 6 heteroatoms. The molecule has 1 amide bonds. The van der Waals surface area contributed by atoms with Crippen molar-refractivity contribution in [3.63, 3.8) is 0 Å². The number of hydrogen-bond acceptors (Lipinski definition) is 5. The van der Waals surface area contributed by atoms with Crippen LogP contribution in [0.3, 0.4) is 0 Å². The zero-order valence-electron chi connectivity index (χ0n) is 15.3. The zero-order valence-corrected chi connectivity index (χ0v) is 16.1. The first-order valence-electron chi connectivity index (χ1n) is 8.86. The Morgan fingerprint density at radius 3 is 2.55 bits per heavy atom. The maximum Gasteiger partial charge on any atom is 0.248 e. The molecule has 3 aromatic carbocycles. The summed E-state index contributed by atoms with van der Waals surface area (Å²) in [5.41, 5.74) is 8.70. The fourth-order valence-corrected chi connectivity index (χ4v) is 3.70. The number of rotatable bonds is 5. The molecule has 29 heavy (non-hydrogen) atoms. The molecule has 5 nitrogen and oxygen atoms in total. The minimum Gasteiger partial charge on any atom is -0.366 e. The number of nitrogens with zero attached hydrogens (tertiary/aromatic N) is 2. The summed E-state index contributed by atoms with van der Waals surface area (Å²) in [5, 5.41) is 17.5. The summed E-state index contributed by atoms with van der Waals surface area (Å²) in [6.45, 7) is 0. The van der Waals surface area contributed by atoms with Crippen LogP contribution in [-0.4, -0.2) is 10.9 Å². The molecule has 0 spiro atoms. The Morgan fingerprint density at radius 1 is 1.07 bits per heavy atom. The van der Waals surface area contributed by atoms with Gasteiger partial charge in [0.25, 0.3) is 0 Å². The minimum absolute atomic E-state index is 0.431. The van der Waals surface area contributed by atoms with E-state index >= 15 is 0 Å². The van der Waals surface area contributed by atoms with Crippen LogP contribution in [0.25, 0.3) is 27.6 Å². The average molecular weight is 396 g/mol. The molecule has 1 heterocycles. The van der Waals surface area contributed by atoms with Gasteiger partial charge in [-0.15, -0.1) is 11.3 Å². The quantitative estimate of drug-likeness (QED) is 0.462. The van der Waals surface area contributed by atoms with E-state index in [-0.39, 0.29) is 0 Å². The molecule has 0 saturated heterocycles. The first-order chi connectivity index (χ1) is 14.1. The summed E-state index contributed by atoms with van der Waals surface area (Å²) >= 11 is 1.42. The molecule has 0 aliphatic carbocycles. The van der Waals surface area contributed by atoms with Gasteiger partial charge in [0, 0.05) is 28.4 Å². The van der Waals surface area contributed by atoms with Gasteiger partial charge in [-0.3, -0.25) is 4.79 Å². The minimum atomic E-state index is -0.478. The molecular weight excluding hydrogens is 380 g/mol. The van der Waals surface area contributed by atoms with Crippen LogP contribution in [-0.2, 0) is 0 Å². The lowest BCUT2D eigenvalue weighted by Gasteiger charge is -2.02. The number of thiazole rings is 1. The van der Waals surface area contributed by atoms with Crippen molar-refractivity contribution in [2.75, 3.05) is 5.32 Å². The van der Waals surface area contributed by atoms with Crippen LogP contribution >= 0.6 is 11.3 Å². The highest BCUT2D eigenvalue weighted by Gasteiger charge is 2.09. The molecular formula is C23H16N4OS. The number of carbonyl (C=O) groups excluding carboxylic acids is 1. The molecule has 0 aliphatic rings. The summed E-state index contributed by atoms with van der Waals surface area (Å²) in [5.74, 6) is -0.478. The van der Waals surface area contributed by atoms with Crippen LogP contribution in [0.5, 0.6) is 0 Å². The molecule has 0 saturated carbocycles. The molecule has 4 rings (SSSR count). The SMILES string of the molecule is N#C/C(=C\Nc1ccc(C(N)=O)cc1)c1nc(-c2ccc3ccccc3c2)cs1. The number of hydrogen-bond donors (Lipinski definition) is 2. The van der Waals surface area contributed by atoms with Crippen LogP contribution in [0.1, 0.15) is 15.4 Å². The van der Waals surface area contributed by atoms with Gasteiger partial charge in [-0.25, -0.2) is 4.98 Å². The van der Waals surface area contributed by atoms with Crippen LogP contribution in [0.15, 0.2) is 78.3 Å².